The first-order valence-corrected chi connectivity index (χ1v) is 29.6. The van der Waals surface area contributed by atoms with Crippen molar-refractivity contribution in [2.45, 2.75) is 0 Å². The van der Waals surface area contributed by atoms with E-state index in [1.165, 1.54) is 93.0 Å². The Balaban J connectivity index is 0.837. The van der Waals surface area contributed by atoms with E-state index < -0.39 is 0 Å². The van der Waals surface area contributed by atoms with Gasteiger partial charge in [-0.1, -0.05) is 243 Å². The molecule has 0 aliphatic heterocycles. The van der Waals surface area contributed by atoms with Gasteiger partial charge in [-0.25, -0.2) is 0 Å². The minimum absolute atomic E-state index is 0.859. The van der Waals surface area contributed by atoms with Crippen molar-refractivity contribution in [3.05, 3.63) is 303 Å². The van der Waals surface area contributed by atoms with Crippen molar-refractivity contribution in [2.24, 2.45) is 0 Å². The predicted molar refractivity (Wildman–Crippen MR) is 364 cm³/mol. The highest BCUT2D eigenvalue weighted by Crippen LogP contribution is 2.51. The monoisotopic (exact) mass is 1090 g/mol. The Kier molecular flexibility index (Phi) is 10.7. The zero-order chi connectivity index (χ0) is 56.4. The van der Waals surface area contributed by atoms with Crippen LogP contribution < -0.4 is 0 Å². The molecule has 0 aliphatic carbocycles. The molecule has 0 amide bonds. The zero-order valence-corrected chi connectivity index (χ0v) is 46.7. The number of fused-ring (bicyclic) bond motifs is 12. The molecule has 0 spiro atoms. The third-order valence-corrected chi connectivity index (χ3v) is 18.2. The zero-order valence-electron chi connectivity index (χ0n) is 46.7. The Morgan fingerprint density at radius 2 is 0.558 bits per heavy atom. The number of benzene rings is 16. The molecule has 0 saturated carbocycles. The summed E-state index contributed by atoms with van der Waals surface area (Å²) in [6.45, 7) is 0. The van der Waals surface area contributed by atoms with Gasteiger partial charge in [-0.3, -0.25) is 0 Å². The summed E-state index contributed by atoms with van der Waals surface area (Å²) >= 11 is 0. The molecule has 0 N–H and O–H groups in total. The lowest BCUT2D eigenvalue weighted by Gasteiger charge is -2.19. The fourth-order valence-electron chi connectivity index (χ4n) is 14.3. The van der Waals surface area contributed by atoms with E-state index >= 15 is 0 Å². The highest BCUT2D eigenvalue weighted by Gasteiger charge is 2.25. The van der Waals surface area contributed by atoms with E-state index in [9.17, 15) is 0 Å². The van der Waals surface area contributed by atoms with E-state index in [4.69, 9.17) is 8.83 Å². The SMILES string of the molecule is c1ccc(-c2ccc3cc4oc5cccc(-c6c7ccccc7c(-c7ccccc7)c7cc(-c8ccc9cc%10c(cc9c8)oc8cc(-c9ccccc9)cc(-c9c%11ccccc%11c(-c%11ccccc%11)c%11ccccc9%11)c8%10)ccc67)c5c4cc3c2)cc1. The van der Waals surface area contributed by atoms with Crippen LogP contribution in [0.2, 0.25) is 0 Å². The van der Waals surface area contributed by atoms with Crippen molar-refractivity contribution < 1.29 is 8.83 Å². The van der Waals surface area contributed by atoms with Crippen LogP contribution in [0.3, 0.4) is 0 Å². The lowest BCUT2D eigenvalue weighted by atomic mass is 9.83. The lowest BCUT2D eigenvalue weighted by molar-refractivity contribution is 0.669. The topological polar surface area (TPSA) is 26.3 Å². The van der Waals surface area contributed by atoms with Crippen LogP contribution in [0, 0.1) is 0 Å². The van der Waals surface area contributed by atoms with Gasteiger partial charge in [0.15, 0.2) is 0 Å². The molecule has 398 valence electrons. The van der Waals surface area contributed by atoms with Gasteiger partial charge in [-0.15, -0.1) is 0 Å². The van der Waals surface area contributed by atoms with Crippen LogP contribution in [0.1, 0.15) is 0 Å². The molecule has 0 bridgehead atoms. The molecule has 18 aromatic rings. The minimum atomic E-state index is 0.859. The Labute approximate surface area is 495 Å². The highest BCUT2D eigenvalue weighted by atomic mass is 16.3. The molecule has 0 fully saturated rings. The van der Waals surface area contributed by atoms with Crippen molar-refractivity contribution in [3.8, 4) is 77.9 Å². The van der Waals surface area contributed by atoms with Gasteiger partial charge in [-0.05, 0) is 203 Å². The summed E-state index contributed by atoms with van der Waals surface area (Å²) in [5.74, 6) is 0. The molecule has 0 saturated heterocycles. The van der Waals surface area contributed by atoms with Crippen molar-refractivity contribution in [1.29, 1.82) is 0 Å². The molecule has 0 aliphatic rings. The second-order valence-electron chi connectivity index (χ2n) is 23.0. The molecular weight excluding hydrogens is 1040 g/mol. The molecule has 2 nitrogen and oxygen atoms in total. The molecule has 16 aromatic carbocycles. The summed E-state index contributed by atoms with van der Waals surface area (Å²) in [4.78, 5) is 0. The van der Waals surface area contributed by atoms with E-state index in [-0.39, 0.29) is 0 Å². The molecule has 0 atom stereocenters. The van der Waals surface area contributed by atoms with Crippen molar-refractivity contribution >= 4 is 109 Å². The first-order chi connectivity index (χ1) is 42.6. The predicted octanol–water partition coefficient (Wildman–Crippen LogP) is 24.1. The van der Waals surface area contributed by atoms with Gasteiger partial charge in [0, 0.05) is 21.5 Å². The van der Waals surface area contributed by atoms with Crippen LogP contribution in [0.15, 0.2) is 312 Å². The summed E-state index contributed by atoms with van der Waals surface area (Å²) in [6.07, 6.45) is 0. The number of hydrogen-bond donors (Lipinski definition) is 0. The normalized spacial score (nSPS) is 12.0. The number of furan rings is 2. The molecule has 0 unspecified atom stereocenters. The molecule has 2 aromatic heterocycles. The maximum Gasteiger partial charge on any atom is 0.136 e. The number of rotatable bonds is 7. The average Bonchev–Trinajstić information content (AvgIpc) is 1.47. The van der Waals surface area contributed by atoms with Gasteiger partial charge >= 0.3 is 0 Å². The Morgan fingerprint density at radius 1 is 0.163 bits per heavy atom. The first-order valence-electron chi connectivity index (χ1n) is 29.6. The van der Waals surface area contributed by atoms with Gasteiger partial charge in [0.1, 0.15) is 22.3 Å². The molecule has 0 radical (unpaired) electrons. The van der Waals surface area contributed by atoms with Gasteiger partial charge in [0.05, 0.1) is 0 Å². The van der Waals surface area contributed by atoms with Gasteiger partial charge < -0.3 is 8.83 Å². The number of hydrogen-bond acceptors (Lipinski definition) is 2. The minimum Gasteiger partial charge on any atom is -0.456 e. The maximum atomic E-state index is 7.16. The second kappa shape index (κ2) is 19.1. The molecule has 86 heavy (non-hydrogen) atoms. The van der Waals surface area contributed by atoms with Gasteiger partial charge in [0.25, 0.3) is 0 Å². The summed E-state index contributed by atoms with van der Waals surface area (Å²) in [6, 6.07) is 111. The van der Waals surface area contributed by atoms with E-state index in [0.717, 1.165) is 93.4 Å². The summed E-state index contributed by atoms with van der Waals surface area (Å²) in [5, 5.41) is 18.7. The fraction of sp³-hybridized carbons (Fsp3) is 0. The van der Waals surface area contributed by atoms with Crippen LogP contribution in [-0.4, -0.2) is 0 Å². The Hall–Kier alpha value is -11.3. The van der Waals surface area contributed by atoms with Crippen molar-refractivity contribution in [2.75, 3.05) is 0 Å². The average molecular weight is 1090 g/mol. The van der Waals surface area contributed by atoms with Crippen molar-refractivity contribution in [3.63, 3.8) is 0 Å². The fourth-order valence-corrected chi connectivity index (χ4v) is 14.3. The van der Waals surface area contributed by atoms with Crippen LogP contribution in [0.5, 0.6) is 0 Å². The molecular formula is C84H50O2. The quantitative estimate of drug-likeness (QED) is 0.149. The van der Waals surface area contributed by atoms with Crippen molar-refractivity contribution in [1.82, 2.24) is 0 Å². The second-order valence-corrected chi connectivity index (χ2v) is 23.0. The Bertz CT molecular complexity index is 5740. The summed E-state index contributed by atoms with van der Waals surface area (Å²) in [5.41, 5.74) is 20.0. The van der Waals surface area contributed by atoms with E-state index in [2.05, 4.69) is 303 Å². The van der Waals surface area contributed by atoms with E-state index in [1.807, 2.05) is 0 Å². The molecule has 2 heterocycles. The third-order valence-electron chi connectivity index (χ3n) is 18.2. The molecule has 18 rings (SSSR count). The van der Waals surface area contributed by atoms with E-state index in [1.54, 1.807) is 0 Å². The first kappa shape index (κ1) is 48.2. The molecule has 2 heteroatoms. The van der Waals surface area contributed by atoms with Gasteiger partial charge in [0.2, 0.25) is 0 Å². The smallest absolute Gasteiger partial charge is 0.136 e. The van der Waals surface area contributed by atoms with E-state index in [0.29, 0.717) is 0 Å². The maximum absolute atomic E-state index is 7.16. The standard InChI is InChI=1S/C84H50O2/c1-5-20-51(21-6-1)55-36-39-59-48-76-73(46-60(59)42-55)83-70(34-19-35-75(83)85-76)81-66-31-16-15-30-65(66)80(54-26-11-4-12-27-54)71-44-57(40-41-69(71)81)56-37-38-58-45-72-77(49-61(58)43-56)86-78-50-62(52-22-7-2-8-23-52)47-74(84(72)78)82-67-32-17-13-28-63(67)79(53-24-9-3-10-25-53)64-29-14-18-33-68(64)82/h1-50H. The highest BCUT2D eigenvalue weighted by molar-refractivity contribution is 6.29. The summed E-state index contributed by atoms with van der Waals surface area (Å²) in [7, 11) is 0. The van der Waals surface area contributed by atoms with Crippen LogP contribution in [-0.2, 0) is 0 Å². The van der Waals surface area contributed by atoms with Crippen LogP contribution in [0.4, 0.5) is 0 Å². The summed E-state index contributed by atoms with van der Waals surface area (Å²) < 4.78 is 14.0. The van der Waals surface area contributed by atoms with Crippen LogP contribution >= 0.6 is 0 Å². The van der Waals surface area contributed by atoms with Crippen LogP contribution in [0.25, 0.3) is 186 Å². The largest absolute Gasteiger partial charge is 0.456 e. The lowest BCUT2D eigenvalue weighted by Crippen LogP contribution is -1.92. The third kappa shape index (κ3) is 7.53. The van der Waals surface area contributed by atoms with Gasteiger partial charge in [-0.2, -0.15) is 0 Å². The Morgan fingerprint density at radius 3 is 1.14 bits per heavy atom.